The van der Waals surface area contributed by atoms with E-state index in [1.54, 1.807) is 11.9 Å². The predicted molar refractivity (Wildman–Crippen MR) is 68.9 cm³/mol. The van der Waals surface area contributed by atoms with E-state index in [-0.39, 0.29) is 5.54 Å². The SMILES string of the molecule is CNCc1ccc(C(C)(C)NSC)cc1. The first-order valence-corrected chi connectivity index (χ1v) is 6.37. The van der Waals surface area contributed by atoms with Gasteiger partial charge < -0.3 is 5.32 Å². The summed E-state index contributed by atoms with van der Waals surface area (Å²) in [6.45, 7) is 5.31. The van der Waals surface area contributed by atoms with Crippen LogP contribution < -0.4 is 10.0 Å². The van der Waals surface area contributed by atoms with Crippen molar-refractivity contribution in [2.24, 2.45) is 0 Å². The van der Waals surface area contributed by atoms with E-state index < -0.39 is 0 Å². The molecule has 2 nitrogen and oxygen atoms in total. The highest BCUT2D eigenvalue weighted by molar-refractivity contribution is 7.96. The van der Waals surface area contributed by atoms with Gasteiger partial charge in [-0.2, -0.15) is 0 Å². The molecule has 0 saturated heterocycles. The Labute approximate surface area is 97.0 Å². The average molecular weight is 224 g/mol. The Bertz CT molecular complexity index is 293. The first-order valence-electron chi connectivity index (χ1n) is 5.14. The Morgan fingerprint density at radius 3 is 2.27 bits per heavy atom. The molecule has 0 atom stereocenters. The third-order valence-corrected chi connectivity index (χ3v) is 3.13. The van der Waals surface area contributed by atoms with Gasteiger partial charge in [0.25, 0.3) is 0 Å². The van der Waals surface area contributed by atoms with Crippen LogP contribution in [0.15, 0.2) is 24.3 Å². The van der Waals surface area contributed by atoms with Crippen molar-refractivity contribution in [1.82, 2.24) is 10.0 Å². The minimum Gasteiger partial charge on any atom is -0.316 e. The third-order valence-electron chi connectivity index (χ3n) is 2.41. The van der Waals surface area contributed by atoms with Gasteiger partial charge in [-0.1, -0.05) is 36.2 Å². The molecule has 15 heavy (non-hydrogen) atoms. The maximum atomic E-state index is 3.39. The molecular weight excluding hydrogens is 204 g/mol. The summed E-state index contributed by atoms with van der Waals surface area (Å²) in [6, 6.07) is 8.73. The Balaban J connectivity index is 2.78. The molecule has 0 spiro atoms. The van der Waals surface area contributed by atoms with E-state index in [0.29, 0.717) is 0 Å². The topological polar surface area (TPSA) is 24.1 Å². The number of nitrogens with one attached hydrogen (secondary N) is 2. The molecule has 0 heterocycles. The molecule has 0 aliphatic rings. The monoisotopic (exact) mass is 224 g/mol. The number of hydrogen-bond donors (Lipinski definition) is 2. The smallest absolute Gasteiger partial charge is 0.0475 e. The van der Waals surface area contributed by atoms with Crippen molar-refractivity contribution < 1.29 is 0 Å². The molecule has 0 bridgehead atoms. The van der Waals surface area contributed by atoms with Gasteiger partial charge in [0.2, 0.25) is 0 Å². The maximum absolute atomic E-state index is 3.39. The zero-order valence-corrected chi connectivity index (χ0v) is 10.7. The Morgan fingerprint density at radius 2 is 1.80 bits per heavy atom. The van der Waals surface area contributed by atoms with Crippen LogP contribution in [0.3, 0.4) is 0 Å². The quantitative estimate of drug-likeness (QED) is 0.752. The van der Waals surface area contributed by atoms with Gasteiger partial charge in [0.1, 0.15) is 0 Å². The standard InChI is InChI=1S/C12H20N2S/c1-12(2,14-15-4)11-7-5-10(6-8-11)9-13-3/h5-8,13-14H,9H2,1-4H3. The summed E-state index contributed by atoms with van der Waals surface area (Å²) >= 11 is 1.66. The van der Waals surface area contributed by atoms with E-state index in [2.05, 4.69) is 54.4 Å². The molecule has 1 rings (SSSR count). The molecule has 0 aliphatic heterocycles. The van der Waals surface area contributed by atoms with Crippen LogP contribution in [-0.2, 0) is 12.1 Å². The predicted octanol–water partition coefficient (Wildman–Crippen LogP) is 2.51. The lowest BCUT2D eigenvalue weighted by Gasteiger charge is -2.25. The highest BCUT2D eigenvalue weighted by Gasteiger charge is 2.18. The van der Waals surface area contributed by atoms with Gasteiger partial charge in [0.15, 0.2) is 0 Å². The van der Waals surface area contributed by atoms with Crippen LogP contribution >= 0.6 is 11.9 Å². The molecule has 3 heteroatoms. The molecule has 0 radical (unpaired) electrons. The fourth-order valence-corrected chi connectivity index (χ4v) is 2.19. The molecule has 0 aliphatic carbocycles. The Morgan fingerprint density at radius 1 is 1.20 bits per heavy atom. The Hall–Kier alpha value is -0.510. The molecule has 1 aromatic rings. The van der Waals surface area contributed by atoms with Crippen molar-refractivity contribution in [2.45, 2.75) is 25.9 Å². The van der Waals surface area contributed by atoms with Crippen molar-refractivity contribution in [3.05, 3.63) is 35.4 Å². The first kappa shape index (κ1) is 12.6. The summed E-state index contributed by atoms with van der Waals surface area (Å²) in [7, 11) is 1.97. The van der Waals surface area contributed by atoms with Crippen LogP contribution in [0.1, 0.15) is 25.0 Å². The van der Waals surface area contributed by atoms with Gasteiger partial charge in [-0.05, 0) is 38.3 Å². The summed E-state index contributed by atoms with van der Waals surface area (Å²) in [5.74, 6) is 0. The molecule has 0 saturated carbocycles. The lowest BCUT2D eigenvalue weighted by atomic mass is 9.95. The van der Waals surface area contributed by atoms with Crippen LogP contribution in [0.4, 0.5) is 0 Å². The summed E-state index contributed by atoms with van der Waals surface area (Å²) < 4.78 is 3.39. The van der Waals surface area contributed by atoms with Crippen LogP contribution in [-0.4, -0.2) is 13.3 Å². The van der Waals surface area contributed by atoms with Gasteiger partial charge in [-0.15, -0.1) is 0 Å². The van der Waals surface area contributed by atoms with Crippen molar-refractivity contribution >= 4 is 11.9 Å². The zero-order chi connectivity index (χ0) is 11.3. The second-order valence-electron chi connectivity index (χ2n) is 4.16. The van der Waals surface area contributed by atoms with E-state index in [1.165, 1.54) is 11.1 Å². The summed E-state index contributed by atoms with van der Waals surface area (Å²) in [5, 5.41) is 3.15. The highest BCUT2D eigenvalue weighted by Crippen LogP contribution is 2.22. The van der Waals surface area contributed by atoms with E-state index in [1.807, 2.05) is 7.05 Å². The molecule has 84 valence electrons. The normalized spacial score (nSPS) is 11.7. The second kappa shape index (κ2) is 5.54. The van der Waals surface area contributed by atoms with Crippen LogP contribution in [0, 0.1) is 0 Å². The summed E-state index contributed by atoms with van der Waals surface area (Å²) in [4.78, 5) is 0. The van der Waals surface area contributed by atoms with E-state index in [4.69, 9.17) is 0 Å². The number of rotatable bonds is 5. The van der Waals surface area contributed by atoms with Crippen molar-refractivity contribution in [3.8, 4) is 0 Å². The molecule has 1 aromatic carbocycles. The highest BCUT2D eigenvalue weighted by atomic mass is 32.2. The average Bonchev–Trinajstić information content (AvgIpc) is 2.19. The van der Waals surface area contributed by atoms with Gasteiger partial charge in [0.05, 0.1) is 0 Å². The van der Waals surface area contributed by atoms with E-state index in [9.17, 15) is 0 Å². The lowest BCUT2D eigenvalue weighted by Crippen LogP contribution is -2.31. The third kappa shape index (κ3) is 3.52. The number of hydrogen-bond acceptors (Lipinski definition) is 3. The maximum Gasteiger partial charge on any atom is 0.0475 e. The minimum atomic E-state index is 0.0254. The first-order chi connectivity index (χ1) is 7.10. The van der Waals surface area contributed by atoms with Gasteiger partial charge in [-0.25, -0.2) is 0 Å². The van der Waals surface area contributed by atoms with Gasteiger partial charge in [-0.3, -0.25) is 4.72 Å². The fraction of sp³-hybridized carbons (Fsp3) is 0.500. The minimum absolute atomic E-state index is 0.0254. The molecule has 0 unspecified atom stereocenters. The van der Waals surface area contributed by atoms with E-state index >= 15 is 0 Å². The lowest BCUT2D eigenvalue weighted by molar-refractivity contribution is 0.510. The van der Waals surface area contributed by atoms with E-state index in [0.717, 1.165) is 6.54 Å². The van der Waals surface area contributed by atoms with Gasteiger partial charge in [0, 0.05) is 12.1 Å². The molecule has 0 aromatic heterocycles. The molecule has 0 amide bonds. The second-order valence-corrected chi connectivity index (χ2v) is 4.77. The van der Waals surface area contributed by atoms with Crippen LogP contribution in [0.5, 0.6) is 0 Å². The van der Waals surface area contributed by atoms with Crippen molar-refractivity contribution in [3.63, 3.8) is 0 Å². The van der Waals surface area contributed by atoms with Crippen LogP contribution in [0.25, 0.3) is 0 Å². The van der Waals surface area contributed by atoms with Crippen LogP contribution in [0.2, 0.25) is 0 Å². The summed E-state index contributed by atoms with van der Waals surface area (Å²) in [6.07, 6.45) is 2.05. The molecule has 2 N–H and O–H groups in total. The molecule has 0 fully saturated rings. The zero-order valence-electron chi connectivity index (χ0n) is 9.92. The fourth-order valence-electron chi connectivity index (χ4n) is 1.56. The van der Waals surface area contributed by atoms with Crippen molar-refractivity contribution in [2.75, 3.05) is 13.3 Å². The van der Waals surface area contributed by atoms with Gasteiger partial charge >= 0.3 is 0 Å². The largest absolute Gasteiger partial charge is 0.316 e. The van der Waals surface area contributed by atoms with Crippen molar-refractivity contribution in [1.29, 1.82) is 0 Å². The molecular formula is C12H20N2S. The Kier molecular flexibility index (Phi) is 4.64. The number of benzene rings is 1. The summed E-state index contributed by atoms with van der Waals surface area (Å²) in [5.41, 5.74) is 2.66.